The Kier molecular flexibility index (Phi) is 22.9. The standard InChI is InChI=1S/C34H59NO3/c1-4-6-8-10-12-13-14-15-16-17-18-20-22-24-28-35-30-31-26-27-32(33(29-31)37-3)38-34(36)25-23-21-19-11-9-7-5-2/h26-27,29-30H,4-25,28H2,1-3H3. The average molecular weight is 530 g/mol. The van der Waals surface area contributed by atoms with Gasteiger partial charge in [-0.25, -0.2) is 0 Å². The predicted octanol–water partition coefficient (Wildman–Crippen LogP) is 10.6. The molecule has 4 heteroatoms. The molecule has 0 spiro atoms. The Morgan fingerprint density at radius 3 is 1.63 bits per heavy atom. The van der Waals surface area contributed by atoms with Crippen molar-refractivity contribution in [1.29, 1.82) is 0 Å². The molecule has 0 aromatic heterocycles. The van der Waals surface area contributed by atoms with E-state index in [-0.39, 0.29) is 5.97 Å². The Bertz CT molecular complexity index is 716. The first-order chi connectivity index (χ1) is 18.7. The maximum atomic E-state index is 12.2. The molecule has 0 bridgehead atoms. The van der Waals surface area contributed by atoms with E-state index in [1.165, 1.54) is 116 Å². The lowest BCUT2D eigenvalue weighted by molar-refractivity contribution is -0.134. The fourth-order valence-corrected chi connectivity index (χ4v) is 4.82. The number of aliphatic imine (C=N–C) groups is 1. The van der Waals surface area contributed by atoms with Crippen molar-refractivity contribution in [2.24, 2.45) is 4.99 Å². The first-order valence-electron chi connectivity index (χ1n) is 16.1. The second-order valence-corrected chi connectivity index (χ2v) is 10.9. The summed E-state index contributed by atoms with van der Waals surface area (Å²) in [5.41, 5.74) is 0.971. The van der Waals surface area contributed by atoms with E-state index >= 15 is 0 Å². The summed E-state index contributed by atoms with van der Waals surface area (Å²) >= 11 is 0. The molecule has 0 N–H and O–H groups in total. The molecule has 0 aliphatic carbocycles. The topological polar surface area (TPSA) is 47.9 Å². The van der Waals surface area contributed by atoms with Gasteiger partial charge in [-0.05, 0) is 36.6 Å². The molecule has 0 saturated carbocycles. The maximum Gasteiger partial charge on any atom is 0.311 e. The van der Waals surface area contributed by atoms with Gasteiger partial charge < -0.3 is 9.47 Å². The summed E-state index contributed by atoms with van der Waals surface area (Å²) in [5.74, 6) is 0.888. The lowest BCUT2D eigenvalue weighted by Crippen LogP contribution is -2.08. The predicted molar refractivity (Wildman–Crippen MR) is 164 cm³/mol. The van der Waals surface area contributed by atoms with Crippen molar-refractivity contribution in [2.45, 2.75) is 155 Å². The van der Waals surface area contributed by atoms with Crippen molar-refractivity contribution in [2.75, 3.05) is 13.7 Å². The SMILES string of the molecule is CCCCCCCCCCCCCCCCN=Cc1ccc(OC(=O)CCCCCCCCC)c(OC)c1. The normalized spacial score (nSPS) is 11.3. The molecule has 1 rings (SSSR count). The number of carbonyl (C=O) groups is 1. The minimum atomic E-state index is -0.184. The van der Waals surface area contributed by atoms with Crippen LogP contribution in [0.25, 0.3) is 0 Å². The third-order valence-electron chi connectivity index (χ3n) is 7.28. The van der Waals surface area contributed by atoms with Gasteiger partial charge in [0.05, 0.1) is 7.11 Å². The first-order valence-corrected chi connectivity index (χ1v) is 16.1. The molecule has 0 atom stereocenters. The monoisotopic (exact) mass is 529 g/mol. The number of ether oxygens (including phenoxy) is 2. The second kappa shape index (κ2) is 25.4. The number of esters is 1. The Labute approximate surface area is 235 Å². The molecule has 218 valence electrons. The summed E-state index contributed by atoms with van der Waals surface area (Å²) < 4.78 is 11.0. The fourth-order valence-electron chi connectivity index (χ4n) is 4.82. The average Bonchev–Trinajstić information content (AvgIpc) is 2.93. The molecule has 0 amide bonds. The molecule has 38 heavy (non-hydrogen) atoms. The third kappa shape index (κ3) is 19.3. The van der Waals surface area contributed by atoms with Crippen LogP contribution < -0.4 is 9.47 Å². The summed E-state index contributed by atoms with van der Waals surface area (Å²) in [6, 6.07) is 5.65. The van der Waals surface area contributed by atoms with E-state index in [4.69, 9.17) is 9.47 Å². The van der Waals surface area contributed by atoms with E-state index in [1.807, 2.05) is 24.4 Å². The van der Waals surface area contributed by atoms with Crippen molar-refractivity contribution in [3.63, 3.8) is 0 Å². The van der Waals surface area contributed by atoms with Crippen LogP contribution in [0.1, 0.15) is 161 Å². The summed E-state index contributed by atoms with van der Waals surface area (Å²) in [6.07, 6.45) is 29.8. The summed E-state index contributed by atoms with van der Waals surface area (Å²) in [7, 11) is 1.61. The highest BCUT2D eigenvalue weighted by Crippen LogP contribution is 2.28. The van der Waals surface area contributed by atoms with Gasteiger partial charge in [0, 0.05) is 19.2 Å². The van der Waals surface area contributed by atoms with E-state index in [9.17, 15) is 4.79 Å². The Hall–Kier alpha value is -1.84. The maximum absolute atomic E-state index is 12.2. The molecular formula is C34H59NO3. The molecule has 0 saturated heterocycles. The van der Waals surface area contributed by atoms with Gasteiger partial charge in [0.25, 0.3) is 0 Å². The van der Waals surface area contributed by atoms with Crippen LogP contribution >= 0.6 is 0 Å². The van der Waals surface area contributed by atoms with Crippen molar-refractivity contribution in [3.05, 3.63) is 23.8 Å². The van der Waals surface area contributed by atoms with Gasteiger partial charge in [0.15, 0.2) is 11.5 Å². The van der Waals surface area contributed by atoms with Crippen LogP contribution in [-0.4, -0.2) is 25.8 Å². The first kappa shape index (κ1) is 34.2. The van der Waals surface area contributed by atoms with Gasteiger partial charge in [0.2, 0.25) is 0 Å². The van der Waals surface area contributed by atoms with Gasteiger partial charge in [-0.3, -0.25) is 9.79 Å². The Morgan fingerprint density at radius 2 is 1.13 bits per heavy atom. The Balaban J connectivity index is 2.11. The van der Waals surface area contributed by atoms with Crippen molar-refractivity contribution >= 4 is 12.2 Å². The molecular weight excluding hydrogens is 470 g/mol. The summed E-state index contributed by atoms with van der Waals surface area (Å²) in [5, 5.41) is 0. The van der Waals surface area contributed by atoms with Gasteiger partial charge in [-0.15, -0.1) is 0 Å². The van der Waals surface area contributed by atoms with Gasteiger partial charge in [0.1, 0.15) is 0 Å². The number of benzene rings is 1. The molecule has 0 fully saturated rings. The Morgan fingerprint density at radius 1 is 0.658 bits per heavy atom. The number of hydrogen-bond acceptors (Lipinski definition) is 4. The zero-order chi connectivity index (χ0) is 27.5. The second-order valence-electron chi connectivity index (χ2n) is 10.9. The molecule has 0 unspecified atom stereocenters. The van der Waals surface area contributed by atoms with Crippen LogP contribution in [0.4, 0.5) is 0 Å². The highest BCUT2D eigenvalue weighted by atomic mass is 16.6. The highest BCUT2D eigenvalue weighted by Gasteiger charge is 2.10. The number of nitrogens with zero attached hydrogens (tertiary/aromatic N) is 1. The van der Waals surface area contributed by atoms with E-state index < -0.39 is 0 Å². The van der Waals surface area contributed by atoms with Crippen LogP contribution in [-0.2, 0) is 4.79 Å². The molecule has 0 radical (unpaired) electrons. The van der Waals surface area contributed by atoms with Crippen LogP contribution in [0.3, 0.4) is 0 Å². The van der Waals surface area contributed by atoms with Crippen LogP contribution in [0.15, 0.2) is 23.2 Å². The molecule has 0 aliphatic rings. The molecule has 0 aliphatic heterocycles. The largest absolute Gasteiger partial charge is 0.493 e. The zero-order valence-corrected chi connectivity index (χ0v) is 25.2. The summed E-state index contributed by atoms with van der Waals surface area (Å²) in [6.45, 7) is 5.37. The molecule has 1 aromatic rings. The molecule has 4 nitrogen and oxygen atoms in total. The number of hydrogen-bond donors (Lipinski definition) is 0. The summed E-state index contributed by atoms with van der Waals surface area (Å²) in [4.78, 5) is 16.8. The van der Waals surface area contributed by atoms with Crippen molar-refractivity contribution in [3.8, 4) is 11.5 Å². The van der Waals surface area contributed by atoms with E-state index in [2.05, 4.69) is 18.8 Å². The lowest BCUT2D eigenvalue weighted by atomic mass is 10.0. The molecule has 1 aromatic carbocycles. The van der Waals surface area contributed by atoms with Crippen molar-refractivity contribution < 1.29 is 14.3 Å². The minimum Gasteiger partial charge on any atom is -0.493 e. The number of carbonyl (C=O) groups excluding carboxylic acids is 1. The zero-order valence-electron chi connectivity index (χ0n) is 25.2. The van der Waals surface area contributed by atoms with E-state index in [0.717, 1.165) is 31.4 Å². The van der Waals surface area contributed by atoms with Crippen LogP contribution in [0.2, 0.25) is 0 Å². The third-order valence-corrected chi connectivity index (χ3v) is 7.28. The van der Waals surface area contributed by atoms with Crippen molar-refractivity contribution in [1.82, 2.24) is 0 Å². The van der Waals surface area contributed by atoms with Crippen LogP contribution in [0, 0.1) is 0 Å². The smallest absolute Gasteiger partial charge is 0.311 e. The minimum absolute atomic E-state index is 0.184. The number of methoxy groups -OCH3 is 1. The van der Waals surface area contributed by atoms with Gasteiger partial charge in [-0.1, -0.05) is 136 Å². The van der Waals surface area contributed by atoms with E-state index in [0.29, 0.717) is 17.9 Å². The van der Waals surface area contributed by atoms with E-state index in [1.54, 1.807) is 7.11 Å². The fraction of sp³-hybridized carbons (Fsp3) is 0.765. The number of rotatable bonds is 26. The quantitative estimate of drug-likeness (QED) is 0.0519. The van der Waals surface area contributed by atoms with Gasteiger partial charge >= 0.3 is 5.97 Å². The molecule has 0 heterocycles. The van der Waals surface area contributed by atoms with Crippen LogP contribution in [0.5, 0.6) is 11.5 Å². The highest BCUT2D eigenvalue weighted by molar-refractivity contribution is 5.81. The lowest BCUT2D eigenvalue weighted by Gasteiger charge is -2.10. The van der Waals surface area contributed by atoms with Gasteiger partial charge in [-0.2, -0.15) is 0 Å². The number of unbranched alkanes of at least 4 members (excludes halogenated alkanes) is 19.